The van der Waals surface area contributed by atoms with E-state index in [1.807, 2.05) is 12.1 Å². The van der Waals surface area contributed by atoms with Crippen molar-refractivity contribution in [3.63, 3.8) is 0 Å². The lowest BCUT2D eigenvalue weighted by molar-refractivity contribution is -0.150. The first-order valence-corrected chi connectivity index (χ1v) is 5.33. The fourth-order valence-corrected chi connectivity index (χ4v) is 2.20. The van der Waals surface area contributed by atoms with E-state index in [1.54, 1.807) is 0 Å². The molecule has 0 amide bonds. The number of ether oxygens (including phenoxy) is 1. The lowest BCUT2D eigenvalue weighted by Gasteiger charge is -2.28. The number of esters is 1. The summed E-state index contributed by atoms with van der Waals surface area (Å²) < 4.78 is 4.76. The summed E-state index contributed by atoms with van der Waals surface area (Å²) in [6, 6.07) is 3.67. The Morgan fingerprint density at radius 3 is 2.61 bits per heavy atom. The molecule has 1 fully saturated rings. The van der Waals surface area contributed by atoms with Crippen molar-refractivity contribution in [3.8, 4) is 12.1 Å². The molecule has 1 aliphatic rings. The van der Waals surface area contributed by atoms with Crippen LogP contribution >= 0.6 is 0 Å². The largest absolute Gasteiger partial charge is 0.468 e. The molecule has 0 bridgehead atoms. The topological polar surface area (TPSA) is 128 Å². The summed E-state index contributed by atoms with van der Waals surface area (Å²) in [5, 5.41) is 31.4. The highest BCUT2D eigenvalue weighted by molar-refractivity contribution is 5.84. The maximum atomic E-state index is 12.1. The molecule has 1 atom stereocenters. The quantitative estimate of drug-likeness (QED) is 0.721. The van der Waals surface area contributed by atoms with Crippen LogP contribution in [0.1, 0.15) is 18.7 Å². The number of rotatable bonds is 4. The number of carbonyl (C=O) groups excluding carboxylic acids is 1. The maximum Gasteiger partial charge on any atom is 0.322 e. The number of carbonyl (C=O) groups is 1. The van der Waals surface area contributed by atoms with Gasteiger partial charge < -0.3 is 4.74 Å². The average Bonchev–Trinajstić information content (AvgIpc) is 3.10. The van der Waals surface area contributed by atoms with E-state index in [0.717, 1.165) is 12.8 Å². The zero-order valence-corrected chi connectivity index (χ0v) is 9.62. The van der Waals surface area contributed by atoms with Crippen molar-refractivity contribution in [1.82, 2.24) is 20.6 Å². The van der Waals surface area contributed by atoms with Gasteiger partial charge in [-0.25, -0.2) is 0 Å². The number of aromatic amines is 1. The van der Waals surface area contributed by atoms with E-state index in [4.69, 9.17) is 15.3 Å². The molecular formula is C10H10N6O2. The Balaban J connectivity index is 2.60. The first-order chi connectivity index (χ1) is 8.71. The van der Waals surface area contributed by atoms with E-state index in [-0.39, 0.29) is 11.7 Å². The van der Waals surface area contributed by atoms with Gasteiger partial charge >= 0.3 is 5.97 Å². The third kappa shape index (κ3) is 1.51. The zero-order chi connectivity index (χ0) is 13.2. The van der Waals surface area contributed by atoms with Gasteiger partial charge in [-0.2, -0.15) is 15.7 Å². The smallest absolute Gasteiger partial charge is 0.322 e. The summed E-state index contributed by atoms with van der Waals surface area (Å²) in [5.41, 5.74) is -1.44. The Morgan fingerprint density at radius 1 is 1.56 bits per heavy atom. The van der Waals surface area contributed by atoms with Crippen molar-refractivity contribution in [3.05, 3.63) is 5.82 Å². The number of methoxy groups -OCH3 is 1. The van der Waals surface area contributed by atoms with Gasteiger partial charge in [0.25, 0.3) is 0 Å². The summed E-state index contributed by atoms with van der Waals surface area (Å²) in [7, 11) is 1.21. The van der Waals surface area contributed by atoms with Gasteiger partial charge in [0.1, 0.15) is 0 Å². The summed E-state index contributed by atoms with van der Waals surface area (Å²) >= 11 is 0. The molecule has 0 spiro atoms. The second kappa shape index (κ2) is 4.41. The molecule has 1 N–H and O–H groups in total. The van der Waals surface area contributed by atoms with Gasteiger partial charge in [-0.05, 0) is 18.8 Å². The van der Waals surface area contributed by atoms with Gasteiger partial charge in [0.05, 0.1) is 19.2 Å². The number of H-pyrrole nitrogens is 1. The van der Waals surface area contributed by atoms with Gasteiger partial charge in [0, 0.05) is 0 Å². The highest BCUT2D eigenvalue weighted by Crippen LogP contribution is 2.51. The van der Waals surface area contributed by atoms with Crippen LogP contribution in [0.25, 0.3) is 0 Å². The molecule has 1 aliphatic carbocycles. The van der Waals surface area contributed by atoms with Gasteiger partial charge in [0.2, 0.25) is 0 Å². The summed E-state index contributed by atoms with van der Waals surface area (Å²) in [5.74, 6) is -1.98. The van der Waals surface area contributed by atoms with Crippen molar-refractivity contribution in [2.24, 2.45) is 11.8 Å². The molecule has 18 heavy (non-hydrogen) atoms. The maximum absolute atomic E-state index is 12.1. The minimum absolute atomic E-state index is 0.0463. The minimum atomic E-state index is -1.44. The molecule has 8 heteroatoms. The van der Waals surface area contributed by atoms with Crippen LogP contribution < -0.4 is 0 Å². The molecule has 8 nitrogen and oxygen atoms in total. The van der Waals surface area contributed by atoms with Crippen LogP contribution in [0, 0.1) is 34.5 Å². The van der Waals surface area contributed by atoms with Gasteiger partial charge in [-0.3, -0.25) is 4.79 Å². The van der Waals surface area contributed by atoms with Crippen LogP contribution in [0.2, 0.25) is 0 Å². The Hall–Kier alpha value is -2.48. The number of hydrogen-bond donors (Lipinski definition) is 1. The monoisotopic (exact) mass is 246 g/mol. The van der Waals surface area contributed by atoms with Crippen LogP contribution in [-0.4, -0.2) is 33.7 Å². The molecule has 0 saturated heterocycles. The molecule has 2 rings (SSSR count). The van der Waals surface area contributed by atoms with E-state index in [9.17, 15) is 4.79 Å². The number of aromatic nitrogens is 4. The predicted octanol–water partition coefficient (Wildman–Crippen LogP) is -0.316. The SMILES string of the molecule is COC(=O)[C@@](c1nn[nH]n1)(C(C#N)C#N)C1CC1. The highest BCUT2D eigenvalue weighted by atomic mass is 16.5. The average molecular weight is 246 g/mol. The number of hydrogen-bond acceptors (Lipinski definition) is 7. The Morgan fingerprint density at radius 2 is 2.22 bits per heavy atom. The molecule has 1 saturated carbocycles. The second-order valence-electron chi connectivity index (χ2n) is 4.06. The van der Waals surface area contributed by atoms with Gasteiger partial charge in [-0.1, -0.05) is 5.21 Å². The summed E-state index contributed by atoms with van der Waals surface area (Å²) in [4.78, 5) is 12.1. The fourth-order valence-electron chi connectivity index (χ4n) is 2.20. The summed E-state index contributed by atoms with van der Waals surface area (Å²) in [6.07, 6.45) is 1.45. The van der Waals surface area contributed by atoms with Crippen LogP contribution in [-0.2, 0) is 14.9 Å². The van der Waals surface area contributed by atoms with E-state index in [1.165, 1.54) is 7.11 Å². The summed E-state index contributed by atoms with van der Waals surface area (Å²) in [6.45, 7) is 0. The Labute approximate surface area is 103 Å². The third-order valence-electron chi connectivity index (χ3n) is 3.17. The van der Waals surface area contributed by atoms with E-state index < -0.39 is 17.3 Å². The van der Waals surface area contributed by atoms with Crippen molar-refractivity contribution >= 4 is 5.97 Å². The van der Waals surface area contributed by atoms with Gasteiger partial charge in [0.15, 0.2) is 17.2 Å². The lowest BCUT2D eigenvalue weighted by Crippen LogP contribution is -2.46. The number of nitriles is 2. The van der Waals surface area contributed by atoms with Crippen molar-refractivity contribution in [2.75, 3.05) is 7.11 Å². The molecule has 1 aromatic rings. The highest BCUT2D eigenvalue weighted by Gasteiger charge is 2.61. The normalized spacial score (nSPS) is 17.6. The molecular weight excluding hydrogens is 236 g/mol. The van der Waals surface area contributed by atoms with Crippen molar-refractivity contribution in [1.29, 1.82) is 10.5 Å². The standard InChI is InChI=1S/C10H10N6O2/c1-18-9(17)10(6-2-3-6,7(4-11)5-12)8-13-15-16-14-8/h6-7H,2-3H2,1H3,(H,13,14,15,16)/t10-/m1/s1. The zero-order valence-electron chi connectivity index (χ0n) is 9.62. The van der Waals surface area contributed by atoms with Crippen LogP contribution in [0.3, 0.4) is 0 Å². The first-order valence-electron chi connectivity index (χ1n) is 5.33. The van der Waals surface area contributed by atoms with E-state index >= 15 is 0 Å². The molecule has 0 radical (unpaired) electrons. The molecule has 0 unspecified atom stereocenters. The molecule has 0 aliphatic heterocycles. The van der Waals surface area contributed by atoms with Crippen molar-refractivity contribution in [2.45, 2.75) is 18.3 Å². The lowest BCUT2D eigenvalue weighted by atomic mass is 9.71. The Bertz CT molecular complexity index is 510. The van der Waals surface area contributed by atoms with Crippen LogP contribution in [0.15, 0.2) is 0 Å². The predicted molar refractivity (Wildman–Crippen MR) is 55.3 cm³/mol. The third-order valence-corrected chi connectivity index (χ3v) is 3.17. The van der Waals surface area contributed by atoms with Gasteiger partial charge in [-0.15, -0.1) is 10.2 Å². The Kier molecular flexibility index (Phi) is 2.94. The number of nitrogens with zero attached hydrogens (tertiary/aromatic N) is 5. The second-order valence-corrected chi connectivity index (χ2v) is 4.06. The van der Waals surface area contributed by atoms with Crippen molar-refractivity contribution < 1.29 is 9.53 Å². The minimum Gasteiger partial charge on any atom is -0.468 e. The molecule has 0 aromatic carbocycles. The number of nitrogens with one attached hydrogen (secondary N) is 1. The molecule has 92 valence electrons. The van der Waals surface area contributed by atoms with E-state index in [0.29, 0.717) is 0 Å². The van der Waals surface area contributed by atoms with Crippen LogP contribution in [0.5, 0.6) is 0 Å². The number of tetrazole rings is 1. The fraction of sp³-hybridized carbons (Fsp3) is 0.600. The first kappa shape index (κ1) is 12.0. The molecule has 1 heterocycles. The van der Waals surface area contributed by atoms with Crippen LogP contribution in [0.4, 0.5) is 0 Å². The van der Waals surface area contributed by atoms with E-state index in [2.05, 4.69) is 20.6 Å². The molecule has 1 aromatic heterocycles.